The lowest BCUT2D eigenvalue weighted by molar-refractivity contribution is -0.119. The molecule has 0 unspecified atom stereocenters. The Kier molecular flexibility index (Phi) is 4.96. The van der Waals surface area contributed by atoms with Gasteiger partial charge in [-0.05, 0) is 17.7 Å². The van der Waals surface area contributed by atoms with Gasteiger partial charge >= 0.3 is 0 Å². The van der Waals surface area contributed by atoms with Crippen molar-refractivity contribution < 1.29 is 9.53 Å². The summed E-state index contributed by atoms with van der Waals surface area (Å²) in [5.41, 5.74) is 1.91. The number of para-hydroxylation sites is 1. The van der Waals surface area contributed by atoms with Crippen LogP contribution < -0.4 is 15.0 Å². The molecule has 124 valence electrons. The molecule has 0 saturated carbocycles. The molecule has 24 heavy (non-hydrogen) atoms. The van der Waals surface area contributed by atoms with Gasteiger partial charge in [0.05, 0.1) is 18.4 Å². The summed E-state index contributed by atoms with van der Waals surface area (Å²) in [6, 6.07) is 15.7. The fraction of sp³-hybridized carbons (Fsp3) is 0.222. The molecule has 0 spiro atoms. The second kappa shape index (κ2) is 7.31. The van der Waals surface area contributed by atoms with Gasteiger partial charge in [-0.2, -0.15) is 0 Å². The van der Waals surface area contributed by atoms with Crippen molar-refractivity contribution in [3.63, 3.8) is 0 Å². The number of nitrogens with zero attached hydrogens (tertiary/aromatic N) is 2. The fourth-order valence-corrected chi connectivity index (χ4v) is 3.32. The molecule has 5 nitrogen and oxygen atoms in total. The number of carbonyl (C=O) groups excluding carboxylic acids is 1. The Labute approximate surface area is 144 Å². The molecule has 1 N–H and O–H groups in total. The zero-order chi connectivity index (χ0) is 16.9. The molecule has 0 aliphatic carbocycles. The topological polar surface area (TPSA) is 54.5 Å². The smallest absolute Gasteiger partial charge is 0.239 e. The van der Waals surface area contributed by atoms with Crippen molar-refractivity contribution in [2.45, 2.75) is 6.54 Å². The number of hydrogen-bond donors (Lipinski definition) is 1. The molecule has 0 fully saturated rings. The minimum atomic E-state index is -0.0347. The second-order valence-corrected chi connectivity index (χ2v) is 6.43. The van der Waals surface area contributed by atoms with E-state index in [1.54, 1.807) is 18.4 Å². The van der Waals surface area contributed by atoms with Gasteiger partial charge in [0.15, 0.2) is 5.13 Å². The Morgan fingerprint density at radius 1 is 1.21 bits per heavy atom. The van der Waals surface area contributed by atoms with Crippen LogP contribution in [0, 0.1) is 0 Å². The molecule has 0 saturated heterocycles. The molecule has 3 aromatic rings. The standard InChI is InChI=1S/C18H19N3O2S/c1-21(12-16(22)19-11-13-7-4-3-5-8-13)18-20-17-14(23-2)9-6-10-15(17)24-18/h3-10H,11-12H2,1-2H3,(H,19,22). The van der Waals surface area contributed by atoms with Crippen molar-refractivity contribution in [3.05, 3.63) is 54.1 Å². The molecule has 0 atom stereocenters. The first kappa shape index (κ1) is 16.3. The average Bonchev–Trinajstić information content (AvgIpc) is 3.05. The summed E-state index contributed by atoms with van der Waals surface area (Å²) in [4.78, 5) is 18.6. The molecule has 1 amide bonds. The van der Waals surface area contributed by atoms with E-state index in [4.69, 9.17) is 4.74 Å². The number of benzene rings is 2. The lowest BCUT2D eigenvalue weighted by atomic mass is 10.2. The first-order valence-corrected chi connectivity index (χ1v) is 8.44. The van der Waals surface area contributed by atoms with Crippen molar-refractivity contribution in [1.82, 2.24) is 10.3 Å². The third-order valence-corrected chi connectivity index (χ3v) is 4.77. The van der Waals surface area contributed by atoms with E-state index in [2.05, 4.69) is 10.3 Å². The first-order chi connectivity index (χ1) is 11.7. The van der Waals surface area contributed by atoms with Gasteiger partial charge < -0.3 is 15.0 Å². The summed E-state index contributed by atoms with van der Waals surface area (Å²) in [6.45, 7) is 0.788. The number of likely N-dealkylation sites (N-methyl/N-ethyl adjacent to an activating group) is 1. The van der Waals surface area contributed by atoms with Gasteiger partial charge in [-0.1, -0.05) is 47.7 Å². The normalized spacial score (nSPS) is 10.6. The number of thiazole rings is 1. The van der Waals surface area contributed by atoms with Crippen LogP contribution in [-0.4, -0.2) is 31.6 Å². The quantitative estimate of drug-likeness (QED) is 0.749. The van der Waals surface area contributed by atoms with Crippen LogP contribution in [0.25, 0.3) is 10.2 Å². The van der Waals surface area contributed by atoms with E-state index in [-0.39, 0.29) is 12.5 Å². The van der Waals surface area contributed by atoms with Crippen LogP contribution in [-0.2, 0) is 11.3 Å². The van der Waals surface area contributed by atoms with Crippen molar-refractivity contribution in [3.8, 4) is 5.75 Å². The monoisotopic (exact) mass is 341 g/mol. The summed E-state index contributed by atoms with van der Waals surface area (Å²) in [6.07, 6.45) is 0. The zero-order valence-corrected chi connectivity index (χ0v) is 14.5. The number of aromatic nitrogens is 1. The molecule has 0 radical (unpaired) electrons. The summed E-state index contributed by atoms with van der Waals surface area (Å²) < 4.78 is 6.38. The number of nitrogens with one attached hydrogen (secondary N) is 1. The molecular weight excluding hydrogens is 322 g/mol. The summed E-state index contributed by atoms with van der Waals surface area (Å²) in [7, 11) is 3.50. The molecule has 0 bridgehead atoms. The van der Waals surface area contributed by atoms with Crippen molar-refractivity contribution >= 4 is 32.6 Å². The Balaban J connectivity index is 1.64. The minimum Gasteiger partial charge on any atom is -0.494 e. The van der Waals surface area contributed by atoms with Crippen molar-refractivity contribution in [2.24, 2.45) is 0 Å². The molecule has 1 aromatic heterocycles. The van der Waals surface area contributed by atoms with Gasteiger partial charge in [-0.15, -0.1) is 0 Å². The first-order valence-electron chi connectivity index (χ1n) is 7.62. The fourth-order valence-electron chi connectivity index (χ4n) is 2.38. The number of hydrogen-bond acceptors (Lipinski definition) is 5. The van der Waals surface area contributed by atoms with Crippen LogP contribution in [0.3, 0.4) is 0 Å². The van der Waals surface area contributed by atoms with Crippen LogP contribution >= 0.6 is 11.3 Å². The van der Waals surface area contributed by atoms with Gasteiger partial charge in [0.25, 0.3) is 0 Å². The van der Waals surface area contributed by atoms with E-state index in [9.17, 15) is 4.79 Å². The molecule has 3 rings (SSSR count). The summed E-state index contributed by atoms with van der Waals surface area (Å²) >= 11 is 1.55. The highest BCUT2D eigenvalue weighted by atomic mass is 32.1. The highest BCUT2D eigenvalue weighted by molar-refractivity contribution is 7.22. The third kappa shape index (κ3) is 3.65. The maximum absolute atomic E-state index is 12.1. The highest BCUT2D eigenvalue weighted by Crippen LogP contribution is 2.33. The van der Waals surface area contributed by atoms with E-state index in [1.165, 1.54) is 0 Å². The predicted molar refractivity (Wildman–Crippen MR) is 97.7 cm³/mol. The lowest BCUT2D eigenvalue weighted by Crippen LogP contribution is -2.34. The number of anilines is 1. The summed E-state index contributed by atoms with van der Waals surface area (Å²) in [5.74, 6) is 0.713. The molecule has 2 aromatic carbocycles. The number of ether oxygens (including phenoxy) is 1. The number of rotatable bonds is 6. The minimum absolute atomic E-state index is 0.0347. The van der Waals surface area contributed by atoms with E-state index < -0.39 is 0 Å². The Morgan fingerprint density at radius 3 is 2.75 bits per heavy atom. The van der Waals surface area contributed by atoms with E-state index in [0.717, 1.165) is 26.7 Å². The summed E-state index contributed by atoms with van der Waals surface area (Å²) in [5, 5.41) is 3.72. The maximum atomic E-state index is 12.1. The van der Waals surface area contributed by atoms with Crippen LogP contribution in [0.5, 0.6) is 5.75 Å². The van der Waals surface area contributed by atoms with Gasteiger partial charge in [0.1, 0.15) is 11.3 Å². The number of fused-ring (bicyclic) bond motifs is 1. The van der Waals surface area contributed by atoms with Crippen LogP contribution in [0.2, 0.25) is 0 Å². The molecule has 0 aliphatic heterocycles. The average molecular weight is 341 g/mol. The van der Waals surface area contributed by atoms with E-state index in [0.29, 0.717) is 6.54 Å². The molecule has 0 aliphatic rings. The largest absolute Gasteiger partial charge is 0.494 e. The van der Waals surface area contributed by atoms with Crippen LogP contribution in [0.4, 0.5) is 5.13 Å². The van der Waals surface area contributed by atoms with Gasteiger partial charge in [-0.3, -0.25) is 4.79 Å². The van der Waals surface area contributed by atoms with E-state index >= 15 is 0 Å². The highest BCUT2D eigenvalue weighted by Gasteiger charge is 2.14. The number of methoxy groups -OCH3 is 1. The number of carbonyl (C=O) groups is 1. The lowest BCUT2D eigenvalue weighted by Gasteiger charge is -2.15. The molecular formula is C18H19N3O2S. The Bertz CT molecular complexity index is 833. The molecule has 6 heteroatoms. The van der Waals surface area contributed by atoms with Gasteiger partial charge in [-0.25, -0.2) is 4.98 Å². The van der Waals surface area contributed by atoms with Crippen LogP contribution in [0.1, 0.15) is 5.56 Å². The molecule has 1 heterocycles. The third-order valence-electron chi connectivity index (χ3n) is 3.63. The SMILES string of the molecule is COc1cccc2sc(N(C)CC(=O)NCc3ccccc3)nc12. The Morgan fingerprint density at radius 2 is 2.00 bits per heavy atom. The number of amides is 1. The van der Waals surface area contributed by atoms with Crippen molar-refractivity contribution in [1.29, 1.82) is 0 Å². The van der Waals surface area contributed by atoms with Gasteiger partial charge in [0, 0.05) is 13.6 Å². The van der Waals surface area contributed by atoms with Crippen LogP contribution in [0.15, 0.2) is 48.5 Å². The second-order valence-electron chi connectivity index (χ2n) is 5.42. The van der Waals surface area contributed by atoms with Gasteiger partial charge in [0.2, 0.25) is 5.91 Å². The zero-order valence-electron chi connectivity index (χ0n) is 13.7. The van der Waals surface area contributed by atoms with Crippen molar-refractivity contribution in [2.75, 3.05) is 25.6 Å². The van der Waals surface area contributed by atoms with E-state index in [1.807, 2.05) is 60.5 Å². The Hall–Kier alpha value is -2.60. The maximum Gasteiger partial charge on any atom is 0.239 e. The predicted octanol–water partition coefficient (Wildman–Crippen LogP) is 3.06.